The average Bonchev–Trinajstić information content (AvgIpc) is 2.32. The van der Waals surface area contributed by atoms with Crippen LogP contribution in [0.15, 0.2) is 0 Å². The van der Waals surface area contributed by atoms with Gasteiger partial charge in [-0.15, -0.1) is 10.2 Å². The van der Waals surface area contributed by atoms with E-state index in [1.165, 1.54) is 0 Å². The van der Waals surface area contributed by atoms with Crippen molar-refractivity contribution in [3.63, 3.8) is 0 Å². The molecule has 1 heterocycles. The van der Waals surface area contributed by atoms with Crippen molar-refractivity contribution in [2.45, 2.75) is 26.9 Å². The minimum atomic E-state index is -0.0401. The third-order valence-corrected chi connectivity index (χ3v) is 1.79. The highest BCUT2D eigenvalue weighted by molar-refractivity contribution is 4.94. The lowest BCUT2D eigenvalue weighted by Crippen LogP contribution is -2.05. The molecule has 0 unspecified atom stereocenters. The molecule has 1 rings (SSSR count). The van der Waals surface area contributed by atoms with Crippen LogP contribution < -0.4 is 0 Å². The summed E-state index contributed by atoms with van der Waals surface area (Å²) in [6.07, 6.45) is 0.906. The van der Waals surface area contributed by atoms with Crippen molar-refractivity contribution in [2.75, 3.05) is 0 Å². The van der Waals surface area contributed by atoms with E-state index in [4.69, 9.17) is 5.11 Å². The molecule has 12 heavy (non-hydrogen) atoms. The van der Waals surface area contributed by atoms with Gasteiger partial charge in [0.25, 0.3) is 0 Å². The first-order chi connectivity index (χ1) is 5.65. The van der Waals surface area contributed by atoms with Gasteiger partial charge in [0.2, 0.25) is 0 Å². The Bertz CT molecular complexity index is 255. The number of rotatable bonds is 3. The number of nitrogens with zero attached hydrogens (tertiary/aromatic N) is 3. The normalized spacial score (nSPS) is 11.1. The molecule has 0 saturated carbocycles. The average molecular weight is 169 g/mol. The second kappa shape index (κ2) is 3.67. The molecule has 0 radical (unpaired) electrons. The monoisotopic (exact) mass is 169 g/mol. The second-order valence-electron chi connectivity index (χ2n) is 3.35. The Hall–Kier alpha value is -0.900. The van der Waals surface area contributed by atoms with Gasteiger partial charge in [-0.3, -0.25) is 0 Å². The van der Waals surface area contributed by atoms with Gasteiger partial charge in [0.15, 0.2) is 5.82 Å². The van der Waals surface area contributed by atoms with Crippen LogP contribution in [0.4, 0.5) is 0 Å². The maximum Gasteiger partial charge on any atom is 0.158 e. The van der Waals surface area contributed by atoms with E-state index in [1.807, 2.05) is 11.6 Å². The Labute approximate surface area is 72.2 Å². The standard InChI is InChI=1S/C8H15N3O/c1-6(2)4-7-9-10-8(5-12)11(7)3/h6,12H,4-5H2,1-3H3. The van der Waals surface area contributed by atoms with E-state index in [0.717, 1.165) is 12.2 Å². The molecule has 4 heteroatoms. The Morgan fingerprint density at radius 2 is 1.92 bits per heavy atom. The molecule has 0 bridgehead atoms. The van der Waals surface area contributed by atoms with Crippen LogP contribution in [-0.2, 0) is 20.1 Å². The summed E-state index contributed by atoms with van der Waals surface area (Å²) in [4.78, 5) is 0. The van der Waals surface area contributed by atoms with Gasteiger partial charge in [-0.25, -0.2) is 0 Å². The number of aromatic nitrogens is 3. The van der Waals surface area contributed by atoms with E-state index >= 15 is 0 Å². The Morgan fingerprint density at radius 1 is 1.33 bits per heavy atom. The fraction of sp³-hybridized carbons (Fsp3) is 0.750. The van der Waals surface area contributed by atoms with Gasteiger partial charge in [0, 0.05) is 13.5 Å². The first kappa shape index (κ1) is 9.19. The van der Waals surface area contributed by atoms with Crippen LogP contribution >= 0.6 is 0 Å². The van der Waals surface area contributed by atoms with Gasteiger partial charge < -0.3 is 9.67 Å². The van der Waals surface area contributed by atoms with E-state index in [-0.39, 0.29) is 6.61 Å². The number of aliphatic hydroxyl groups excluding tert-OH is 1. The van der Waals surface area contributed by atoms with E-state index in [2.05, 4.69) is 24.0 Å². The molecule has 1 aromatic rings. The fourth-order valence-electron chi connectivity index (χ4n) is 1.08. The van der Waals surface area contributed by atoms with Gasteiger partial charge in [0.05, 0.1) is 0 Å². The van der Waals surface area contributed by atoms with Crippen molar-refractivity contribution in [3.8, 4) is 0 Å². The highest BCUT2D eigenvalue weighted by Gasteiger charge is 2.08. The molecular weight excluding hydrogens is 154 g/mol. The SMILES string of the molecule is CC(C)Cc1nnc(CO)n1C. The van der Waals surface area contributed by atoms with Crippen molar-refractivity contribution in [3.05, 3.63) is 11.6 Å². The van der Waals surface area contributed by atoms with Crippen LogP contribution in [0, 0.1) is 5.92 Å². The summed E-state index contributed by atoms with van der Waals surface area (Å²) in [7, 11) is 1.88. The Kier molecular flexibility index (Phi) is 2.81. The molecule has 68 valence electrons. The molecule has 1 N–H and O–H groups in total. The molecule has 0 amide bonds. The van der Waals surface area contributed by atoms with Gasteiger partial charge in [-0.2, -0.15) is 0 Å². The molecule has 0 aliphatic rings. The molecule has 0 saturated heterocycles. The van der Waals surface area contributed by atoms with Crippen molar-refractivity contribution in [1.29, 1.82) is 0 Å². The first-order valence-corrected chi connectivity index (χ1v) is 4.13. The molecule has 0 fully saturated rings. The Morgan fingerprint density at radius 3 is 2.33 bits per heavy atom. The summed E-state index contributed by atoms with van der Waals surface area (Å²) in [5.41, 5.74) is 0. The molecule has 0 spiro atoms. The third kappa shape index (κ3) is 1.82. The maximum atomic E-state index is 8.84. The highest BCUT2D eigenvalue weighted by Crippen LogP contribution is 2.05. The topological polar surface area (TPSA) is 50.9 Å². The van der Waals surface area contributed by atoms with Crippen LogP contribution in [0.3, 0.4) is 0 Å². The van der Waals surface area contributed by atoms with Crippen LogP contribution in [0.1, 0.15) is 25.5 Å². The van der Waals surface area contributed by atoms with E-state index < -0.39 is 0 Å². The van der Waals surface area contributed by atoms with Gasteiger partial charge in [-0.05, 0) is 5.92 Å². The largest absolute Gasteiger partial charge is 0.388 e. The smallest absolute Gasteiger partial charge is 0.158 e. The summed E-state index contributed by atoms with van der Waals surface area (Å²) >= 11 is 0. The highest BCUT2D eigenvalue weighted by atomic mass is 16.3. The first-order valence-electron chi connectivity index (χ1n) is 4.13. The molecule has 4 nitrogen and oxygen atoms in total. The van der Waals surface area contributed by atoms with Gasteiger partial charge in [-0.1, -0.05) is 13.8 Å². The number of aliphatic hydroxyl groups is 1. The van der Waals surface area contributed by atoms with Crippen molar-refractivity contribution in [2.24, 2.45) is 13.0 Å². The molecule has 1 aromatic heterocycles. The van der Waals surface area contributed by atoms with E-state index in [9.17, 15) is 0 Å². The number of hydrogen-bond donors (Lipinski definition) is 1. The van der Waals surface area contributed by atoms with Crippen molar-refractivity contribution >= 4 is 0 Å². The molecule has 0 aromatic carbocycles. The van der Waals surface area contributed by atoms with Crippen LogP contribution in [0.5, 0.6) is 0 Å². The van der Waals surface area contributed by atoms with Crippen LogP contribution in [0.25, 0.3) is 0 Å². The van der Waals surface area contributed by atoms with Crippen molar-refractivity contribution in [1.82, 2.24) is 14.8 Å². The lowest BCUT2D eigenvalue weighted by molar-refractivity contribution is 0.266. The summed E-state index contributed by atoms with van der Waals surface area (Å²) in [5.74, 6) is 2.14. The zero-order chi connectivity index (χ0) is 9.14. The van der Waals surface area contributed by atoms with Gasteiger partial charge in [0.1, 0.15) is 12.4 Å². The molecule has 0 atom stereocenters. The zero-order valence-corrected chi connectivity index (χ0v) is 7.78. The summed E-state index contributed by atoms with van der Waals surface area (Å²) in [5, 5.41) is 16.7. The summed E-state index contributed by atoms with van der Waals surface area (Å²) in [6, 6.07) is 0. The summed E-state index contributed by atoms with van der Waals surface area (Å²) < 4.78 is 1.85. The maximum absolute atomic E-state index is 8.84. The second-order valence-corrected chi connectivity index (χ2v) is 3.35. The molecular formula is C8H15N3O. The molecule has 0 aliphatic carbocycles. The molecule has 0 aliphatic heterocycles. The van der Waals surface area contributed by atoms with Crippen LogP contribution in [-0.4, -0.2) is 19.9 Å². The lowest BCUT2D eigenvalue weighted by atomic mass is 10.1. The van der Waals surface area contributed by atoms with Crippen molar-refractivity contribution < 1.29 is 5.11 Å². The third-order valence-electron chi connectivity index (χ3n) is 1.79. The van der Waals surface area contributed by atoms with E-state index in [1.54, 1.807) is 0 Å². The predicted molar refractivity (Wildman–Crippen MR) is 45.5 cm³/mol. The van der Waals surface area contributed by atoms with Crippen LogP contribution in [0.2, 0.25) is 0 Å². The Balaban J connectivity index is 2.80. The minimum absolute atomic E-state index is 0.0401. The quantitative estimate of drug-likeness (QED) is 0.717. The number of hydrogen-bond acceptors (Lipinski definition) is 3. The zero-order valence-electron chi connectivity index (χ0n) is 7.78. The minimum Gasteiger partial charge on any atom is -0.388 e. The predicted octanol–water partition coefficient (Wildman–Crippen LogP) is 0.506. The summed E-state index contributed by atoms with van der Waals surface area (Å²) in [6.45, 7) is 4.22. The lowest BCUT2D eigenvalue weighted by Gasteiger charge is -2.03. The van der Waals surface area contributed by atoms with Gasteiger partial charge >= 0.3 is 0 Å². The fourth-order valence-corrected chi connectivity index (χ4v) is 1.08. The van der Waals surface area contributed by atoms with E-state index in [0.29, 0.717) is 11.7 Å².